The lowest BCUT2D eigenvalue weighted by Gasteiger charge is -2.17. The van der Waals surface area contributed by atoms with Gasteiger partial charge >= 0.3 is 0 Å². The molecule has 0 saturated carbocycles. The maximum Gasteiger partial charge on any atom is -0.0167 e. The average Bonchev–Trinajstić information content (AvgIpc) is 2.20. The maximum absolute atomic E-state index is 2.75. The number of rotatable bonds is 0. The fraction of sp³-hybridized carbons (Fsp3) is 0.538. The molecular weight excluding hydrogens is 170 g/mol. The van der Waals surface area contributed by atoms with Crippen molar-refractivity contribution in [2.45, 2.75) is 32.6 Å². The highest BCUT2D eigenvalue weighted by atomic mass is 14.7. The molecule has 0 radical (unpaired) electrons. The minimum atomic E-state index is 1.30. The summed E-state index contributed by atoms with van der Waals surface area (Å²) >= 11 is 0. The lowest BCUT2D eigenvalue weighted by Crippen LogP contribution is -2.03. The Hall–Kier alpha value is -0.820. The lowest BCUT2D eigenvalue weighted by molar-refractivity contribution is 0.682. The highest BCUT2D eigenvalue weighted by Gasteiger charge is 2.09. The van der Waals surface area contributed by atoms with Crippen LogP contribution in [0.4, 0.5) is 0 Å². The van der Waals surface area contributed by atoms with Gasteiger partial charge < -0.3 is 5.32 Å². The Labute approximate surface area is 87.5 Å². The third kappa shape index (κ3) is 2.85. The third-order valence-corrected chi connectivity index (χ3v) is 2.63. The summed E-state index contributed by atoms with van der Waals surface area (Å²) in [5.74, 6) is 0. The Morgan fingerprint density at radius 1 is 1.07 bits per heavy atom. The van der Waals surface area contributed by atoms with Crippen LogP contribution in [0.15, 0.2) is 18.2 Å². The Morgan fingerprint density at radius 3 is 2.36 bits per heavy atom. The zero-order chi connectivity index (χ0) is 10.4. The van der Waals surface area contributed by atoms with Crippen LogP contribution in [0.5, 0.6) is 0 Å². The summed E-state index contributed by atoms with van der Waals surface area (Å²) in [6, 6.07) is 6.69. The molecule has 0 aliphatic heterocycles. The molecule has 1 aliphatic carbocycles. The summed E-state index contributed by atoms with van der Waals surface area (Å²) in [5, 5.41) is 2.75. The molecule has 1 aromatic carbocycles. The third-order valence-electron chi connectivity index (χ3n) is 2.63. The fourth-order valence-corrected chi connectivity index (χ4v) is 1.97. The topological polar surface area (TPSA) is 12.0 Å². The molecule has 0 atom stereocenters. The summed E-state index contributed by atoms with van der Waals surface area (Å²) in [6.45, 7) is 2.23. The normalized spacial score (nSPS) is 13.9. The maximum atomic E-state index is 2.75. The van der Waals surface area contributed by atoms with Gasteiger partial charge in [-0.15, -0.1) is 0 Å². The molecule has 1 aromatic rings. The molecule has 1 aliphatic rings. The van der Waals surface area contributed by atoms with Gasteiger partial charge in [-0.3, -0.25) is 0 Å². The van der Waals surface area contributed by atoms with Crippen molar-refractivity contribution in [2.24, 2.45) is 0 Å². The molecule has 0 heterocycles. The van der Waals surface area contributed by atoms with Crippen LogP contribution in [-0.4, -0.2) is 14.1 Å². The second kappa shape index (κ2) is 5.82. The van der Waals surface area contributed by atoms with Crippen molar-refractivity contribution in [3.63, 3.8) is 0 Å². The van der Waals surface area contributed by atoms with Crippen LogP contribution in [0.3, 0.4) is 0 Å². The van der Waals surface area contributed by atoms with E-state index in [4.69, 9.17) is 0 Å². The van der Waals surface area contributed by atoms with Crippen LogP contribution < -0.4 is 5.32 Å². The van der Waals surface area contributed by atoms with Crippen LogP contribution in [0.1, 0.15) is 29.5 Å². The molecule has 1 N–H and O–H groups in total. The van der Waals surface area contributed by atoms with E-state index in [9.17, 15) is 0 Å². The van der Waals surface area contributed by atoms with Crippen LogP contribution in [0.2, 0.25) is 0 Å². The smallest absolute Gasteiger partial charge is 0.0167 e. The molecule has 1 nitrogen and oxygen atoms in total. The largest absolute Gasteiger partial charge is 0.323 e. The monoisotopic (exact) mass is 191 g/mol. The van der Waals surface area contributed by atoms with Crippen molar-refractivity contribution < 1.29 is 0 Å². The zero-order valence-corrected chi connectivity index (χ0v) is 9.56. The first-order valence-corrected chi connectivity index (χ1v) is 5.45. The zero-order valence-electron chi connectivity index (χ0n) is 9.56. The predicted octanol–water partition coefficient (Wildman–Crippen LogP) is 2.71. The summed E-state index contributed by atoms with van der Waals surface area (Å²) in [5.41, 5.74) is 4.71. The van der Waals surface area contributed by atoms with Crippen LogP contribution in [-0.2, 0) is 12.8 Å². The molecule has 0 saturated heterocycles. The van der Waals surface area contributed by atoms with Crippen molar-refractivity contribution in [3.8, 4) is 0 Å². The Bertz CT molecular complexity index is 279. The second-order valence-corrected chi connectivity index (χ2v) is 3.92. The van der Waals surface area contributed by atoms with E-state index in [-0.39, 0.29) is 0 Å². The second-order valence-electron chi connectivity index (χ2n) is 3.92. The van der Waals surface area contributed by atoms with Crippen LogP contribution in [0.25, 0.3) is 0 Å². The number of hydrogen-bond donors (Lipinski definition) is 1. The molecule has 0 amide bonds. The molecule has 14 heavy (non-hydrogen) atoms. The van der Waals surface area contributed by atoms with E-state index in [0.29, 0.717) is 0 Å². The van der Waals surface area contributed by atoms with E-state index in [1.54, 1.807) is 11.1 Å². The average molecular weight is 191 g/mol. The molecule has 0 aromatic heterocycles. The number of benzene rings is 1. The first kappa shape index (κ1) is 11.3. The highest BCUT2D eigenvalue weighted by molar-refractivity contribution is 5.35. The van der Waals surface area contributed by atoms with Gasteiger partial charge in [0.2, 0.25) is 0 Å². The Kier molecular flexibility index (Phi) is 4.68. The minimum absolute atomic E-state index is 1.30. The van der Waals surface area contributed by atoms with Gasteiger partial charge in [-0.25, -0.2) is 0 Å². The van der Waals surface area contributed by atoms with Gasteiger partial charge in [0.15, 0.2) is 0 Å². The molecule has 0 fully saturated rings. The highest BCUT2D eigenvalue weighted by Crippen LogP contribution is 2.23. The summed E-state index contributed by atoms with van der Waals surface area (Å²) in [7, 11) is 3.75. The number of hydrogen-bond acceptors (Lipinski definition) is 1. The Morgan fingerprint density at radius 2 is 1.71 bits per heavy atom. The molecule has 0 spiro atoms. The van der Waals surface area contributed by atoms with Crippen molar-refractivity contribution in [2.75, 3.05) is 14.1 Å². The van der Waals surface area contributed by atoms with Gasteiger partial charge in [0.05, 0.1) is 0 Å². The van der Waals surface area contributed by atoms with Gasteiger partial charge in [0, 0.05) is 0 Å². The van der Waals surface area contributed by atoms with Crippen molar-refractivity contribution >= 4 is 0 Å². The SMILES string of the molecule is CNC.Cc1cccc2c1CCCC2. The molecule has 0 unspecified atom stereocenters. The van der Waals surface area contributed by atoms with Crippen LogP contribution >= 0.6 is 0 Å². The molecule has 2 rings (SSSR count). The van der Waals surface area contributed by atoms with Gasteiger partial charge in [-0.1, -0.05) is 18.2 Å². The van der Waals surface area contributed by atoms with Gasteiger partial charge in [0.25, 0.3) is 0 Å². The minimum Gasteiger partial charge on any atom is -0.323 e. The van der Waals surface area contributed by atoms with E-state index < -0.39 is 0 Å². The van der Waals surface area contributed by atoms with Crippen LogP contribution in [0, 0.1) is 6.92 Å². The molecular formula is C13H21N. The number of aryl methyl sites for hydroxylation is 2. The first-order valence-electron chi connectivity index (χ1n) is 5.45. The van der Waals surface area contributed by atoms with E-state index in [1.807, 2.05) is 14.1 Å². The molecule has 1 heteroatoms. The lowest BCUT2D eigenvalue weighted by atomic mass is 9.89. The molecule has 0 bridgehead atoms. The summed E-state index contributed by atoms with van der Waals surface area (Å²) in [6.07, 6.45) is 5.38. The van der Waals surface area contributed by atoms with Crippen molar-refractivity contribution in [3.05, 3.63) is 34.9 Å². The quantitative estimate of drug-likeness (QED) is 0.665. The predicted molar refractivity (Wildman–Crippen MR) is 62.8 cm³/mol. The molecule has 78 valence electrons. The summed E-state index contributed by atoms with van der Waals surface area (Å²) < 4.78 is 0. The van der Waals surface area contributed by atoms with Gasteiger partial charge in [0.1, 0.15) is 0 Å². The number of nitrogens with one attached hydrogen (secondary N) is 1. The van der Waals surface area contributed by atoms with E-state index >= 15 is 0 Å². The van der Waals surface area contributed by atoms with Gasteiger partial charge in [-0.2, -0.15) is 0 Å². The standard InChI is InChI=1S/C11H14.C2H7N/c1-9-5-4-7-10-6-2-3-8-11(9)10;1-3-2/h4-5,7H,2-3,6,8H2,1H3;3H,1-2H3. The van der Waals surface area contributed by atoms with Gasteiger partial charge in [-0.05, 0) is 63.4 Å². The van der Waals surface area contributed by atoms with E-state index in [1.165, 1.54) is 31.2 Å². The Balaban J connectivity index is 0.000000293. The van der Waals surface area contributed by atoms with E-state index in [0.717, 1.165) is 0 Å². The summed E-state index contributed by atoms with van der Waals surface area (Å²) in [4.78, 5) is 0. The fourth-order valence-electron chi connectivity index (χ4n) is 1.97. The number of fused-ring (bicyclic) bond motifs is 1. The first-order chi connectivity index (χ1) is 6.79. The van der Waals surface area contributed by atoms with Crippen molar-refractivity contribution in [1.29, 1.82) is 0 Å². The van der Waals surface area contributed by atoms with E-state index in [2.05, 4.69) is 30.4 Å². The van der Waals surface area contributed by atoms with Crippen molar-refractivity contribution in [1.82, 2.24) is 5.32 Å².